The van der Waals surface area contributed by atoms with Gasteiger partial charge in [0.1, 0.15) is 12.2 Å². The van der Waals surface area contributed by atoms with Crippen LogP contribution in [0.4, 0.5) is 0 Å². The minimum atomic E-state index is -0.239. The number of likely N-dealkylation sites (tertiary alicyclic amines) is 1. The number of nitrogens with zero attached hydrogens (tertiary/aromatic N) is 1. The van der Waals surface area contributed by atoms with Crippen molar-refractivity contribution in [2.75, 3.05) is 13.2 Å². The van der Waals surface area contributed by atoms with E-state index in [0.29, 0.717) is 24.5 Å². The Labute approximate surface area is 181 Å². The van der Waals surface area contributed by atoms with Gasteiger partial charge in [0.2, 0.25) is 11.8 Å². The lowest BCUT2D eigenvalue weighted by Crippen LogP contribution is -2.29. The molecule has 0 aromatic heterocycles. The van der Waals surface area contributed by atoms with Crippen molar-refractivity contribution in [3.8, 4) is 11.5 Å². The lowest BCUT2D eigenvalue weighted by atomic mass is 10.0. The molecular weight excluding hydrogens is 396 g/mol. The van der Waals surface area contributed by atoms with Gasteiger partial charge in [-0.1, -0.05) is 24.3 Å². The van der Waals surface area contributed by atoms with Gasteiger partial charge in [-0.15, -0.1) is 0 Å². The fourth-order valence-corrected chi connectivity index (χ4v) is 3.87. The zero-order valence-corrected chi connectivity index (χ0v) is 17.8. The van der Waals surface area contributed by atoms with E-state index in [1.54, 1.807) is 24.3 Å². The standard InChI is InChI=1S/C24H26N2O5/c1-24(2)14-18-4-3-5-19(22(18)31-24)30-13-12-25-23(29)17-8-6-16(7-9-17)15-26-20(27)10-11-21(26)28/h3-9H,10-15H2,1-2H3,(H,25,29). The Morgan fingerprint density at radius 3 is 2.52 bits per heavy atom. The lowest BCUT2D eigenvalue weighted by Gasteiger charge is -2.18. The number of imide groups is 1. The summed E-state index contributed by atoms with van der Waals surface area (Å²) in [6.07, 6.45) is 1.39. The second-order valence-electron chi connectivity index (χ2n) is 8.46. The first kappa shape index (κ1) is 20.9. The first-order valence-electron chi connectivity index (χ1n) is 10.5. The summed E-state index contributed by atoms with van der Waals surface area (Å²) in [5.41, 5.74) is 2.21. The molecule has 31 heavy (non-hydrogen) atoms. The quantitative estimate of drug-likeness (QED) is 0.548. The number of carbonyl (C=O) groups excluding carboxylic acids is 3. The first-order chi connectivity index (χ1) is 14.8. The highest BCUT2D eigenvalue weighted by Crippen LogP contribution is 2.41. The predicted molar refractivity (Wildman–Crippen MR) is 114 cm³/mol. The van der Waals surface area contributed by atoms with Crippen LogP contribution in [-0.4, -0.2) is 41.4 Å². The van der Waals surface area contributed by atoms with Gasteiger partial charge in [-0.05, 0) is 37.6 Å². The molecule has 1 N–H and O–H groups in total. The van der Waals surface area contributed by atoms with Crippen molar-refractivity contribution in [3.63, 3.8) is 0 Å². The van der Waals surface area contributed by atoms with Crippen LogP contribution in [0.15, 0.2) is 42.5 Å². The third-order valence-electron chi connectivity index (χ3n) is 5.41. The fourth-order valence-electron chi connectivity index (χ4n) is 3.87. The van der Waals surface area contributed by atoms with Crippen molar-refractivity contribution in [1.82, 2.24) is 10.2 Å². The molecule has 7 heteroatoms. The molecule has 0 atom stereocenters. The lowest BCUT2D eigenvalue weighted by molar-refractivity contribution is -0.139. The van der Waals surface area contributed by atoms with Crippen molar-refractivity contribution in [1.29, 1.82) is 0 Å². The molecule has 0 bridgehead atoms. The van der Waals surface area contributed by atoms with Crippen molar-refractivity contribution >= 4 is 17.7 Å². The maximum atomic E-state index is 12.4. The van der Waals surface area contributed by atoms with E-state index in [1.807, 2.05) is 32.0 Å². The van der Waals surface area contributed by atoms with Gasteiger partial charge in [-0.2, -0.15) is 0 Å². The number of ether oxygens (including phenoxy) is 2. The van der Waals surface area contributed by atoms with Crippen LogP contribution < -0.4 is 14.8 Å². The maximum absolute atomic E-state index is 12.4. The number of carbonyl (C=O) groups is 3. The van der Waals surface area contributed by atoms with Gasteiger partial charge in [0, 0.05) is 30.4 Å². The normalized spacial score (nSPS) is 16.8. The SMILES string of the molecule is CC1(C)Cc2cccc(OCCNC(=O)c3ccc(CN4C(=O)CCC4=O)cc3)c2O1. The van der Waals surface area contributed by atoms with Crippen LogP contribution in [0.2, 0.25) is 0 Å². The Hall–Kier alpha value is -3.35. The number of hydrogen-bond acceptors (Lipinski definition) is 5. The molecule has 162 valence electrons. The fraction of sp³-hybridized carbons (Fsp3) is 0.375. The summed E-state index contributed by atoms with van der Waals surface area (Å²) < 4.78 is 11.8. The number of fused-ring (bicyclic) bond motifs is 1. The average molecular weight is 422 g/mol. The Balaban J connectivity index is 1.26. The van der Waals surface area contributed by atoms with Crippen LogP contribution in [0.25, 0.3) is 0 Å². The molecule has 3 amide bonds. The largest absolute Gasteiger partial charge is 0.488 e. The molecule has 1 saturated heterocycles. The second-order valence-corrected chi connectivity index (χ2v) is 8.46. The van der Waals surface area contributed by atoms with Crippen LogP contribution in [0.1, 0.15) is 48.2 Å². The van der Waals surface area contributed by atoms with Crippen molar-refractivity contribution in [3.05, 3.63) is 59.2 Å². The zero-order valence-electron chi connectivity index (χ0n) is 17.8. The highest BCUT2D eigenvalue weighted by atomic mass is 16.5. The molecule has 2 aromatic rings. The average Bonchev–Trinajstić information content (AvgIpc) is 3.23. The van der Waals surface area contributed by atoms with Crippen LogP contribution in [0, 0.1) is 0 Å². The van der Waals surface area contributed by atoms with E-state index in [1.165, 1.54) is 4.90 Å². The van der Waals surface area contributed by atoms with Crippen molar-refractivity contribution < 1.29 is 23.9 Å². The van der Waals surface area contributed by atoms with Gasteiger partial charge >= 0.3 is 0 Å². The number of rotatable bonds is 7. The Bertz CT molecular complexity index is 997. The molecule has 0 unspecified atom stereocenters. The van der Waals surface area contributed by atoms with Crippen molar-refractivity contribution in [2.24, 2.45) is 0 Å². The van der Waals surface area contributed by atoms with E-state index in [9.17, 15) is 14.4 Å². The van der Waals surface area contributed by atoms with E-state index in [4.69, 9.17) is 9.47 Å². The molecular formula is C24H26N2O5. The minimum Gasteiger partial charge on any atom is -0.488 e. The monoisotopic (exact) mass is 422 g/mol. The number of benzene rings is 2. The molecule has 0 aliphatic carbocycles. The molecule has 7 nitrogen and oxygen atoms in total. The third kappa shape index (κ3) is 4.71. The smallest absolute Gasteiger partial charge is 0.251 e. The van der Waals surface area contributed by atoms with Gasteiger partial charge in [-0.3, -0.25) is 19.3 Å². The number of nitrogens with one attached hydrogen (secondary N) is 1. The minimum absolute atomic E-state index is 0.148. The topological polar surface area (TPSA) is 84.9 Å². The summed E-state index contributed by atoms with van der Waals surface area (Å²) in [4.78, 5) is 37.1. The van der Waals surface area contributed by atoms with Crippen LogP contribution >= 0.6 is 0 Å². The molecule has 2 aliphatic heterocycles. The number of amides is 3. The van der Waals surface area contributed by atoms with Crippen LogP contribution in [-0.2, 0) is 22.6 Å². The second kappa shape index (κ2) is 8.41. The third-order valence-corrected chi connectivity index (χ3v) is 5.41. The van der Waals surface area contributed by atoms with Crippen LogP contribution in [0.5, 0.6) is 11.5 Å². The van der Waals surface area contributed by atoms with Crippen LogP contribution in [0.3, 0.4) is 0 Å². The van der Waals surface area contributed by atoms with Gasteiger partial charge in [0.15, 0.2) is 11.5 Å². The summed E-state index contributed by atoms with van der Waals surface area (Å²) in [5, 5.41) is 2.84. The highest BCUT2D eigenvalue weighted by Gasteiger charge is 2.32. The van der Waals surface area contributed by atoms with Gasteiger partial charge < -0.3 is 14.8 Å². The van der Waals surface area contributed by atoms with E-state index < -0.39 is 0 Å². The molecule has 2 heterocycles. The predicted octanol–water partition coefficient (Wildman–Crippen LogP) is 2.86. The summed E-state index contributed by atoms with van der Waals surface area (Å²) in [6.45, 7) is 5.01. The summed E-state index contributed by atoms with van der Waals surface area (Å²) in [6, 6.07) is 12.8. The van der Waals surface area contributed by atoms with Gasteiger partial charge in [-0.25, -0.2) is 0 Å². The van der Waals surface area contributed by atoms with E-state index in [2.05, 4.69) is 5.32 Å². The molecule has 2 aliphatic rings. The van der Waals surface area contributed by atoms with E-state index in [-0.39, 0.29) is 42.7 Å². The van der Waals surface area contributed by atoms with Crippen molar-refractivity contribution in [2.45, 2.75) is 45.3 Å². The molecule has 0 radical (unpaired) electrons. The first-order valence-corrected chi connectivity index (χ1v) is 10.5. The molecule has 4 rings (SSSR count). The summed E-state index contributed by atoms with van der Waals surface area (Å²) >= 11 is 0. The molecule has 1 fully saturated rings. The van der Waals surface area contributed by atoms with E-state index in [0.717, 1.165) is 23.3 Å². The Kier molecular flexibility index (Phi) is 5.67. The molecule has 0 saturated carbocycles. The maximum Gasteiger partial charge on any atom is 0.251 e. The number of para-hydroxylation sites is 1. The summed E-state index contributed by atoms with van der Waals surface area (Å²) in [7, 11) is 0. The zero-order chi connectivity index (χ0) is 22.0. The summed E-state index contributed by atoms with van der Waals surface area (Å²) in [5.74, 6) is 0.964. The van der Waals surface area contributed by atoms with E-state index >= 15 is 0 Å². The Morgan fingerprint density at radius 2 is 1.81 bits per heavy atom. The molecule has 2 aromatic carbocycles. The Morgan fingerprint density at radius 1 is 1.10 bits per heavy atom. The van der Waals surface area contributed by atoms with Gasteiger partial charge in [0.25, 0.3) is 5.91 Å². The highest BCUT2D eigenvalue weighted by molar-refractivity contribution is 6.01. The molecule has 0 spiro atoms. The van der Waals surface area contributed by atoms with Gasteiger partial charge in [0.05, 0.1) is 13.1 Å². The number of hydrogen-bond donors (Lipinski definition) is 1.